The zero-order valence-electron chi connectivity index (χ0n) is 27.9. The third kappa shape index (κ3) is 6.43. The summed E-state index contributed by atoms with van der Waals surface area (Å²) in [7, 11) is 0. The van der Waals surface area contributed by atoms with E-state index >= 15 is 0 Å². The number of aromatic nitrogens is 1. The molecule has 0 amide bonds. The van der Waals surface area contributed by atoms with Gasteiger partial charge < -0.3 is 15.3 Å². The lowest BCUT2D eigenvalue weighted by Crippen LogP contribution is -2.38. The molecule has 0 aliphatic rings. The maximum atomic E-state index is 13.1. The van der Waals surface area contributed by atoms with Gasteiger partial charge in [0.2, 0.25) is 11.3 Å². The van der Waals surface area contributed by atoms with Crippen molar-refractivity contribution < 1.29 is 14.7 Å². The van der Waals surface area contributed by atoms with Crippen molar-refractivity contribution in [1.29, 1.82) is 0 Å². The number of benzene rings is 6. The fourth-order valence-corrected chi connectivity index (χ4v) is 7.46. The number of carbonyl (C=O) groups is 1. The summed E-state index contributed by atoms with van der Waals surface area (Å²) in [4.78, 5) is 25.3. The minimum atomic E-state index is -1.25. The van der Waals surface area contributed by atoms with Crippen LogP contribution < -0.4 is 5.32 Å². The summed E-state index contributed by atoms with van der Waals surface area (Å²) in [5.74, 6) is -1.25. The highest BCUT2D eigenvalue weighted by molar-refractivity contribution is 7.15. The van der Waals surface area contributed by atoms with Crippen molar-refractivity contribution in [3.05, 3.63) is 226 Å². The molecule has 7 aromatic rings. The highest BCUT2D eigenvalue weighted by Crippen LogP contribution is 2.43. The van der Waals surface area contributed by atoms with Crippen LogP contribution in [0, 0.1) is 6.92 Å². The maximum absolute atomic E-state index is 13.1. The Morgan fingerprint density at radius 1 is 0.588 bits per heavy atom. The molecule has 0 aliphatic heterocycles. The Kier molecular flexibility index (Phi) is 9.55. The number of aryl methyl sites for hydroxylation is 1. The van der Waals surface area contributed by atoms with E-state index in [9.17, 15) is 9.90 Å². The van der Waals surface area contributed by atoms with Gasteiger partial charge in [0, 0.05) is 21.6 Å². The molecule has 0 spiro atoms. The molecule has 0 saturated heterocycles. The van der Waals surface area contributed by atoms with Crippen LogP contribution in [-0.2, 0) is 20.8 Å². The van der Waals surface area contributed by atoms with Gasteiger partial charge in [-0.05, 0) is 23.6 Å². The normalized spacial score (nSPS) is 11.9. The second-order valence-electron chi connectivity index (χ2n) is 12.0. The van der Waals surface area contributed by atoms with E-state index in [2.05, 4.69) is 46.9 Å². The number of nitrogens with zero attached hydrogens (tertiary/aromatic N) is 2. The standard InChI is InChI=1S/C44H35N3O3S/c1-32-39(45-42(51-32)46-43(33-20-8-2-9-21-33,34-22-10-3-11-23-34)35-24-12-4-13-25-35)40(41(48)49)47-50-44(36-26-14-5-15-27-36,37-28-16-6-17-29-37)38-30-18-7-19-31-38/h2-31H,1H3,(H,45,46)(H,48,49)/b47-40+. The molecule has 1 heterocycles. The Labute approximate surface area is 301 Å². The average Bonchev–Trinajstić information content (AvgIpc) is 3.56. The molecule has 0 unspecified atom stereocenters. The monoisotopic (exact) mass is 685 g/mol. The van der Waals surface area contributed by atoms with E-state index in [1.807, 2.05) is 153 Å². The highest BCUT2D eigenvalue weighted by Gasteiger charge is 2.41. The van der Waals surface area contributed by atoms with Gasteiger partial charge in [-0.2, -0.15) is 0 Å². The number of hydrogen-bond donors (Lipinski definition) is 2. The van der Waals surface area contributed by atoms with E-state index in [0.29, 0.717) is 10.0 Å². The van der Waals surface area contributed by atoms with Crippen molar-refractivity contribution in [3.63, 3.8) is 0 Å². The first-order chi connectivity index (χ1) is 25.0. The number of hydrogen-bond acceptors (Lipinski definition) is 6. The molecule has 51 heavy (non-hydrogen) atoms. The van der Waals surface area contributed by atoms with Crippen molar-refractivity contribution in [3.8, 4) is 0 Å². The van der Waals surface area contributed by atoms with E-state index in [4.69, 9.17) is 9.82 Å². The molecule has 0 radical (unpaired) electrons. The van der Waals surface area contributed by atoms with Crippen LogP contribution in [0.25, 0.3) is 0 Å². The summed E-state index contributed by atoms with van der Waals surface area (Å²) in [6.45, 7) is 1.85. The van der Waals surface area contributed by atoms with Gasteiger partial charge >= 0.3 is 5.97 Å². The number of carboxylic acids is 1. The fraction of sp³-hybridized carbons (Fsp3) is 0.0682. The fourth-order valence-electron chi connectivity index (χ4n) is 6.59. The van der Waals surface area contributed by atoms with Gasteiger partial charge in [-0.25, -0.2) is 9.78 Å². The number of oxime groups is 1. The number of aliphatic carboxylic acids is 1. The highest BCUT2D eigenvalue weighted by atomic mass is 32.1. The van der Waals surface area contributed by atoms with Crippen LogP contribution in [0.3, 0.4) is 0 Å². The molecule has 0 fully saturated rings. The molecule has 2 N–H and O–H groups in total. The number of carboxylic acid groups (broad SMARTS) is 1. The average molecular weight is 686 g/mol. The van der Waals surface area contributed by atoms with Crippen LogP contribution in [0.1, 0.15) is 44.0 Å². The lowest BCUT2D eigenvalue weighted by atomic mass is 9.77. The SMILES string of the molecule is Cc1sc(NC(c2ccccc2)(c2ccccc2)c2ccccc2)nc1/C(=N\OC(c1ccccc1)(c1ccccc1)c1ccccc1)C(=O)O. The van der Waals surface area contributed by atoms with Crippen LogP contribution in [0.2, 0.25) is 0 Å². The van der Waals surface area contributed by atoms with E-state index in [1.54, 1.807) is 0 Å². The van der Waals surface area contributed by atoms with Crippen LogP contribution in [0.15, 0.2) is 187 Å². The summed E-state index contributed by atoms with van der Waals surface area (Å²) in [5, 5.41) is 19.4. The molecule has 0 atom stereocenters. The number of anilines is 1. The summed E-state index contributed by atoms with van der Waals surface area (Å²) in [6.07, 6.45) is 0. The molecule has 0 bridgehead atoms. The summed E-state index contributed by atoms with van der Waals surface area (Å²) in [5.41, 5.74) is 3.24. The maximum Gasteiger partial charge on any atom is 0.360 e. The Morgan fingerprint density at radius 2 is 0.922 bits per heavy atom. The van der Waals surface area contributed by atoms with Crippen molar-refractivity contribution >= 4 is 28.1 Å². The summed E-state index contributed by atoms with van der Waals surface area (Å²) in [6, 6.07) is 59.7. The third-order valence-corrected chi connectivity index (χ3v) is 9.84. The zero-order chi connectivity index (χ0) is 35.1. The van der Waals surface area contributed by atoms with E-state index in [-0.39, 0.29) is 11.4 Å². The van der Waals surface area contributed by atoms with Crippen LogP contribution in [0.4, 0.5) is 5.13 Å². The Morgan fingerprint density at radius 3 is 1.25 bits per heavy atom. The molecular weight excluding hydrogens is 651 g/mol. The predicted molar refractivity (Wildman–Crippen MR) is 204 cm³/mol. The van der Waals surface area contributed by atoms with E-state index < -0.39 is 17.1 Å². The second kappa shape index (κ2) is 14.7. The molecule has 7 heteroatoms. The molecule has 6 nitrogen and oxygen atoms in total. The largest absolute Gasteiger partial charge is 0.476 e. The molecular formula is C44H35N3O3S. The van der Waals surface area contributed by atoms with Gasteiger partial charge in [0.1, 0.15) is 11.2 Å². The van der Waals surface area contributed by atoms with E-state index in [1.165, 1.54) is 11.3 Å². The quantitative estimate of drug-likeness (QED) is 0.0761. The lowest BCUT2D eigenvalue weighted by molar-refractivity contribution is -0.129. The molecule has 6 aromatic carbocycles. The van der Waals surface area contributed by atoms with Gasteiger partial charge in [-0.1, -0.05) is 187 Å². The van der Waals surface area contributed by atoms with Gasteiger partial charge in [-0.3, -0.25) is 0 Å². The number of rotatable bonds is 12. The van der Waals surface area contributed by atoms with Crippen molar-refractivity contribution in [2.24, 2.45) is 5.16 Å². The molecule has 0 saturated carbocycles. The minimum Gasteiger partial charge on any atom is -0.476 e. The van der Waals surface area contributed by atoms with Crippen LogP contribution in [0.5, 0.6) is 0 Å². The zero-order valence-corrected chi connectivity index (χ0v) is 28.7. The first kappa shape index (κ1) is 33.2. The smallest absolute Gasteiger partial charge is 0.360 e. The van der Waals surface area contributed by atoms with Gasteiger partial charge in [0.05, 0.1) is 0 Å². The summed E-state index contributed by atoms with van der Waals surface area (Å²) >= 11 is 1.37. The molecule has 0 aliphatic carbocycles. The lowest BCUT2D eigenvalue weighted by Gasteiger charge is -2.36. The Hall–Kier alpha value is -6.31. The van der Waals surface area contributed by atoms with Crippen LogP contribution in [-0.4, -0.2) is 21.8 Å². The second-order valence-corrected chi connectivity index (χ2v) is 13.2. The first-order valence-electron chi connectivity index (χ1n) is 16.6. The molecule has 250 valence electrons. The third-order valence-electron chi connectivity index (χ3n) is 8.95. The minimum absolute atomic E-state index is 0.223. The van der Waals surface area contributed by atoms with Crippen molar-refractivity contribution in [2.45, 2.75) is 18.1 Å². The van der Waals surface area contributed by atoms with Gasteiger partial charge in [0.25, 0.3) is 0 Å². The van der Waals surface area contributed by atoms with Crippen LogP contribution >= 0.6 is 11.3 Å². The topological polar surface area (TPSA) is 83.8 Å². The first-order valence-corrected chi connectivity index (χ1v) is 17.4. The number of thiazole rings is 1. The predicted octanol–water partition coefficient (Wildman–Crippen LogP) is 9.65. The number of nitrogens with one attached hydrogen (secondary N) is 1. The van der Waals surface area contributed by atoms with E-state index in [0.717, 1.165) is 33.4 Å². The van der Waals surface area contributed by atoms with Gasteiger partial charge in [0.15, 0.2) is 5.13 Å². The Bertz CT molecular complexity index is 2030. The summed E-state index contributed by atoms with van der Waals surface area (Å²) < 4.78 is 0. The van der Waals surface area contributed by atoms with Crippen molar-refractivity contribution in [2.75, 3.05) is 5.32 Å². The molecule has 1 aromatic heterocycles. The van der Waals surface area contributed by atoms with Crippen molar-refractivity contribution in [1.82, 2.24) is 4.98 Å². The Balaban J connectivity index is 1.37. The molecule has 7 rings (SSSR count). The van der Waals surface area contributed by atoms with Gasteiger partial charge in [-0.15, -0.1) is 11.3 Å².